The Labute approximate surface area is 155 Å². The monoisotopic (exact) mass is 375 g/mol. The molecule has 0 saturated carbocycles. The Morgan fingerprint density at radius 3 is 2.40 bits per heavy atom. The summed E-state index contributed by atoms with van der Waals surface area (Å²) in [6, 6.07) is 14.0. The SMILES string of the molecule is Cc1ccc(C(=O)N2[C@@H](C(=O)NN)CS[C@H]2c2ccc(Cl)cc2)cc1. The van der Waals surface area contributed by atoms with Gasteiger partial charge >= 0.3 is 0 Å². The number of halogens is 1. The highest BCUT2D eigenvalue weighted by Gasteiger charge is 2.42. The third kappa shape index (κ3) is 3.66. The average molecular weight is 376 g/mol. The van der Waals surface area contributed by atoms with Crippen molar-refractivity contribution in [2.45, 2.75) is 18.3 Å². The van der Waals surface area contributed by atoms with Gasteiger partial charge in [-0.2, -0.15) is 0 Å². The second-order valence-electron chi connectivity index (χ2n) is 5.84. The largest absolute Gasteiger partial charge is 0.310 e. The number of amides is 2. The first-order valence-electron chi connectivity index (χ1n) is 7.78. The molecule has 2 amide bonds. The lowest BCUT2D eigenvalue weighted by Gasteiger charge is -2.29. The Bertz CT molecular complexity index is 780. The van der Waals surface area contributed by atoms with Crippen molar-refractivity contribution in [1.29, 1.82) is 0 Å². The molecule has 1 heterocycles. The molecule has 0 unspecified atom stereocenters. The highest BCUT2D eigenvalue weighted by molar-refractivity contribution is 7.99. The Hall–Kier alpha value is -2.02. The second-order valence-corrected chi connectivity index (χ2v) is 7.39. The lowest BCUT2D eigenvalue weighted by Crippen LogP contribution is -2.49. The summed E-state index contributed by atoms with van der Waals surface area (Å²) in [6.45, 7) is 1.96. The van der Waals surface area contributed by atoms with Gasteiger partial charge in [0, 0.05) is 16.3 Å². The molecule has 7 heteroatoms. The molecule has 0 aliphatic carbocycles. The smallest absolute Gasteiger partial charge is 0.257 e. The fourth-order valence-corrected chi connectivity index (χ4v) is 4.34. The molecule has 2 aromatic carbocycles. The van der Waals surface area contributed by atoms with Crippen molar-refractivity contribution in [1.82, 2.24) is 10.3 Å². The van der Waals surface area contributed by atoms with E-state index in [2.05, 4.69) is 5.43 Å². The Morgan fingerprint density at radius 2 is 1.80 bits per heavy atom. The maximum Gasteiger partial charge on any atom is 0.257 e. The van der Waals surface area contributed by atoms with Crippen molar-refractivity contribution < 1.29 is 9.59 Å². The lowest BCUT2D eigenvalue weighted by molar-refractivity contribution is -0.124. The van der Waals surface area contributed by atoms with Crippen molar-refractivity contribution >= 4 is 35.2 Å². The molecule has 2 aromatic rings. The van der Waals surface area contributed by atoms with Crippen molar-refractivity contribution in [3.63, 3.8) is 0 Å². The summed E-state index contributed by atoms with van der Waals surface area (Å²) in [5.41, 5.74) is 4.70. The molecule has 1 fully saturated rings. The summed E-state index contributed by atoms with van der Waals surface area (Å²) in [7, 11) is 0. The minimum atomic E-state index is -0.621. The molecule has 0 bridgehead atoms. The van der Waals surface area contributed by atoms with Crippen LogP contribution in [0.3, 0.4) is 0 Å². The molecule has 1 saturated heterocycles. The van der Waals surface area contributed by atoms with Gasteiger partial charge in [0.1, 0.15) is 11.4 Å². The predicted octanol–water partition coefficient (Wildman–Crippen LogP) is 2.89. The van der Waals surface area contributed by atoms with Crippen LogP contribution < -0.4 is 11.3 Å². The molecule has 0 aromatic heterocycles. The molecule has 0 radical (unpaired) electrons. The van der Waals surface area contributed by atoms with Crippen LogP contribution in [0.15, 0.2) is 48.5 Å². The Morgan fingerprint density at radius 1 is 1.16 bits per heavy atom. The van der Waals surface area contributed by atoms with Crippen molar-refractivity contribution in [3.8, 4) is 0 Å². The number of nitrogens with zero attached hydrogens (tertiary/aromatic N) is 1. The second kappa shape index (κ2) is 7.47. The van der Waals surface area contributed by atoms with Crippen LogP contribution in [0.2, 0.25) is 5.02 Å². The van der Waals surface area contributed by atoms with E-state index in [-0.39, 0.29) is 17.2 Å². The molecular weight excluding hydrogens is 358 g/mol. The van der Waals surface area contributed by atoms with E-state index in [0.717, 1.165) is 11.1 Å². The van der Waals surface area contributed by atoms with E-state index in [1.807, 2.05) is 31.2 Å². The van der Waals surface area contributed by atoms with E-state index in [9.17, 15) is 9.59 Å². The molecular formula is C18H18ClN3O2S. The van der Waals surface area contributed by atoms with Crippen LogP contribution in [0.1, 0.15) is 26.9 Å². The minimum Gasteiger partial charge on any atom is -0.310 e. The maximum atomic E-state index is 13.1. The summed E-state index contributed by atoms with van der Waals surface area (Å²) in [6.07, 6.45) is 0. The van der Waals surface area contributed by atoms with Gasteiger partial charge in [-0.15, -0.1) is 11.8 Å². The first kappa shape index (κ1) is 17.8. The third-order valence-corrected chi connectivity index (χ3v) is 5.71. The Balaban J connectivity index is 1.97. The number of thioether (sulfide) groups is 1. The van der Waals surface area contributed by atoms with Crippen LogP contribution in [-0.2, 0) is 4.79 Å². The molecule has 25 heavy (non-hydrogen) atoms. The fraction of sp³-hybridized carbons (Fsp3) is 0.222. The maximum absolute atomic E-state index is 13.1. The van der Waals surface area contributed by atoms with Gasteiger partial charge in [0.2, 0.25) is 0 Å². The number of hydrazine groups is 1. The molecule has 0 spiro atoms. The first-order chi connectivity index (χ1) is 12.0. The van der Waals surface area contributed by atoms with Gasteiger partial charge in [0.25, 0.3) is 11.8 Å². The summed E-state index contributed by atoms with van der Waals surface area (Å²) >= 11 is 7.49. The van der Waals surface area contributed by atoms with Crippen molar-refractivity contribution in [2.75, 3.05) is 5.75 Å². The number of aryl methyl sites for hydroxylation is 1. The topological polar surface area (TPSA) is 75.4 Å². The molecule has 130 valence electrons. The number of benzene rings is 2. The van der Waals surface area contributed by atoms with Crippen molar-refractivity contribution in [3.05, 3.63) is 70.2 Å². The molecule has 1 aliphatic rings. The zero-order valence-corrected chi connectivity index (χ0v) is 15.2. The van der Waals surface area contributed by atoms with Crippen LogP contribution in [0.5, 0.6) is 0 Å². The van der Waals surface area contributed by atoms with Crippen LogP contribution >= 0.6 is 23.4 Å². The van der Waals surface area contributed by atoms with E-state index in [4.69, 9.17) is 17.4 Å². The zero-order chi connectivity index (χ0) is 18.0. The van der Waals surface area contributed by atoms with Gasteiger partial charge < -0.3 is 4.90 Å². The minimum absolute atomic E-state index is 0.196. The summed E-state index contributed by atoms with van der Waals surface area (Å²) < 4.78 is 0. The first-order valence-corrected chi connectivity index (χ1v) is 9.21. The standard InChI is InChI=1S/C18H18ClN3O2S/c1-11-2-4-12(5-3-11)17(24)22-15(16(23)21-20)10-25-18(22)13-6-8-14(19)9-7-13/h2-9,15,18H,10,20H2,1H3,(H,21,23)/t15-,18+/m1/s1. The molecule has 2 atom stereocenters. The average Bonchev–Trinajstić information content (AvgIpc) is 3.06. The molecule has 3 rings (SSSR count). The third-order valence-electron chi connectivity index (χ3n) is 4.13. The molecule has 3 N–H and O–H groups in total. The van der Waals surface area contributed by atoms with Crippen LogP contribution in [0.25, 0.3) is 0 Å². The highest BCUT2D eigenvalue weighted by atomic mass is 35.5. The number of carbonyl (C=O) groups excluding carboxylic acids is 2. The molecule has 1 aliphatic heterocycles. The number of nitrogens with two attached hydrogens (primary N) is 1. The van der Waals surface area contributed by atoms with Crippen LogP contribution in [0.4, 0.5) is 0 Å². The van der Waals surface area contributed by atoms with Gasteiger partial charge in [0.05, 0.1) is 0 Å². The summed E-state index contributed by atoms with van der Waals surface area (Å²) in [5.74, 6) is 5.23. The number of rotatable bonds is 3. The number of carbonyl (C=O) groups is 2. The Kier molecular flexibility index (Phi) is 5.32. The predicted molar refractivity (Wildman–Crippen MR) is 100 cm³/mol. The summed E-state index contributed by atoms with van der Waals surface area (Å²) in [5, 5.41) is 0.354. The normalized spacial score (nSPS) is 19.7. The highest BCUT2D eigenvalue weighted by Crippen LogP contribution is 2.42. The van der Waals surface area contributed by atoms with Gasteiger partial charge in [-0.05, 0) is 36.8 Å². The number of hydrogen-bond acceptors (Lipinski definition) is 4. The van der Waals surface area contributed by atoms with E-state index >= 15 is 0 Å². The van der Waals surface area contributed by atoms with Crippen LogP contribution in [0, 0.1) is 6.92 Å². The van der Waals surface area contributed by atoms with Gasteiger partial charge in [-0.3, -0.25) is 15.0 Å². The number of nitrogens with one attached hydrogen (secondary N) is 1. The number of hydrogen-bond donors (Lipinski definition) is 2. The van der Waals surface area contributed by atoms with E-state index in [1.54, 1.807) is 29.2 Å². The quantitative estimate of drug-likeness (QED) is 0.491. The van der Waals surface area contributed by atoms with Gasteiger partial charge in [-0.1, -0.05) is 41.4 Å². The van der Waals surface area contributed by atoms with E-state index in [0.29, 0.717) is 16.3 Å². The van der Waals surface area contributed by atoms with Gasteiger partial charge in [-0.25, -0.2) is 5.84 Å². The van der Waals surface area contributed by atoms with E-state index in [1.165, 1.54) is 11.8 Å². The van der Waals surface area contributed by atoms with Crippen molar-refractivity contribution in [2.24, 2.45) is 5.84 Å². The van der Waals surface area contributed by atoms with Crippen LogP contribution in [-0.4, -0.2) is 28.5 Å². The fourth-order valence-electron chi connectivity index (χ4n) is 2.78. The lowest BCUT2D eigenvalue weighted by atomic mass is 10.1. The zero-order valence-electron chi connectivity index (χ0n) is 13.6. The molecule has 5 nitrogen and oxygen atoms in total. The summed E-state index contributed by atoms with van der Waals surface area (Å²) in [4.78, 5) is 26.9. The van der Waals surface area contributed by atoms with Gasteiger partial charge in [0.15, 0.2) is 0 Å². The van der Waals surface area contributed by atoms with E-state index < -0.39 is 6.04 Å².